The molecule has 0 aliphatic carbocycles. The number of halogens is 1. The van der Waals surface area contributed by atoms with Crippen molar-refractivity contribution >= 4 is 10.9 Å². The van der Waals surface area contributed by atoms with E-state index in [-0.39, 0.29) is 5.82 Å². The molecule has 0 fully saturated rings. The molecule has 68 valence electrons. The molecule has 2 rings (SSSR count). The summed E-state index contributed by atoms with van der Waals surface area (Å²) in [6.07, 6.45) is 2.02. The zero-order valence-electron chi connectivity index (χ0n) is 8.06. The summed E-state index contributed by atoms with van der Waals surface area (Å²) in [5.74, 6) is -0.123. The van der Waals surface area contributed by atoms with Gasteiger partial charge in [-0.2, -0.15) is 0 Å². The molecule has 13 heavy (non-hydrogen) atoms. The van der Waals surface area contributed by atoms with Gasteiger partial charge in [0.15, 0.2) is 0 Å². The standard InChI is InChI=1S/C11H12FN/c1-7-4-11-9(5-10(7)12)8(2)6-13(11)3/h4-6H,1-3H3. The average molecular weight is 177 g/mol. The van der Waals surface area contributed by atoms with E-state index in [4.69, 9.17) is 0 Å². The molecular formula is C11H12FN. The summed E-state index contributed by atoms with van der Waals surface area (Å²) in [5.41, 5.74) is 2.92. The van der Waals surface area contributed by atoms with Gasteiger partial charge in [0.1, 0.15) is 5.82 Å². The summed E-state index contributed by atoms with van der Waals surface area (Å²) in [7, 11) is 1.98. The number of aryl methyl sites for hydroxylation is 3. The first-order chi connectivity index (χ1) is 6.09. The molecule has 0 radical (unpaired) electrons. The van der Waals surface area contributed by atoms with Crippen LogP contribution in [0.1, 0.15) is 11.1 Å². The van der Waals surface area contributed by atoms with Crippen LogP contribution in [0.4, 0.5) is 4.39 Å². The van der Waals surface area contributed by atoms with E-state index in [1.807, 2.05) is 30.8 Å². The fourth-order valence-electron chi connectivity index (χ4n) is 1.70. The van der Waals surface area contributed by atoms with E-state index in [0.29, 0.717) is 5.56 Å². The number of aromatic nitrogens is 1. The first-order valence-electron chi connectivity index (χ1n) is 4.31. The van der Waals surface area contributed by atoms with Crippen molar-refractivity contribution in [1.82, 2.24) is 4.57 Å². The van der Waals surface area contributed by atoms with Gasteiger partial charge in [-0.15, -0.1) is 0 Å². The van der Waals surface area contributed by atoms with Crippen molar-refractivity contribution in [2.45, 2.75) is 13.8 Å². The van der Waals surface area contributed by atoms with Crippen molar-refractivity contribution in [3.05, 3.63) is 35.3 Å². The van der Waals surface area contributed by atoms with Gasteiger partial charge in [0.25, 0.3) is 0 Å². The largest absolute Gasteiger partial charge is 0.350 e. The van der Waals surface area contributed by atoms with Crippen LogP contribution in [0.25, 0.3) is 10.9 Å². The van der Waals surface area contributed by atoms with E-state index in [1.165, 1.54) is 0 Å². The van der Waals surface area contributed by atoms with Crippen molar-refractivity contribution in [2.75, 3.05) is 0 Å². The van der Waals surface area contributed by atoms with Gasteiger partial charge >= 0.3 is 0 Å². The Morgan fingerprint density at radius 2 is 1.85 bits per heavy atom. The van der Waals surface area contributed by atoms with Gasteiger partial charge in [-0.05, 0) is 37.1 Å². The number of benzene rings is 1. The number of hydrogen-bond acceptors (Lipinski definition) is 0. The minimum Gasteiger partial charge on any atom is -0.350 e. The van der Waals surface area contributed by atoms with Crippen LogP contribution in [-0.4, -0.2) is 4.57 Å². The van der Waals surface area contributed by atoms with Gasteiger partial charge in [0, 0.05) is 24.1 Å². The zero-order valence-corrected chi connectivity index (χ0v) is 8.06. The highest BCUT2D eigenvalue weighted by Gasteiger charge is 2.06. The maximum Gasteiger partial charge on any atom is 0.126 e. The SMILES string of the molecule is Cc1cc2c(cc1F)c(C)cn2C. The molecule has 0 unspecified atom stereocenters. The molecule has 0 bridgehead atoms. The summed E-state index contributed by atoms with van der Waals surface area (Å²) >= 11 is 0. The molecule has 0 aliphatic rings. The average Bonchev–Trinajstić information content (AvgIpc) is 2.31. The molecule has 0 N–H and O–H groups in total. The lowest BCUT2D eigenvalue weighted by Crippen LogP contribution is -1.86. The Balaban J connectivity index is 2.91. The van der Waals surface area contributed by atoms with Crippen molar-refractivity contribution in [3.63, 3.8) is 0 Å². The minimum absolute atomic E-state index is 0.123. The van der Waals surface area contributed by atoms with Gasteiger partial charge in [-0.1, -0.05) is 0 Å². The Morgan fingerprint density at radius 3 is 2.54 bits per heavy atom. The maximum absolute atomic E-state index is 13.2. The second-order valence-electron chi connectivity index (χ2n) is 3.54. The van der Waals surface area contributed by atoms with Crippen molar-refractivity contribution < 1.29 is 4.39 Å². The lowest BCUT2D eigenvalue weighted by molar-refractivity contribution is 0.620. The molecule has 1 nitrogen and oxygen atoms in total. The highest BCUT2D eigenvalue weighted by atomic mass is 19.1. The fourth-order valence-corrected chi connectivity index (χ4v) is 1.70. The lowest BCUT2D eigenvalue weighted by Gasteiger charge is -1.99. The summed E-state index contributed by atoms with van der Waals surface area (Å²) in [5, 5.41) is 1.01. The second kappa shape index (κ2) is 2.59. The maximum atomic E-state index is 13.2. The van der Waals surface area contributed by atoms with E-state index in [9.17, 15) is 4.39 Å². The van der Waals surface area contributed by atoms with Crippen LogP contribution in [0.3, 0.4) is 0 Å². The first-order valence-corrected chi connectivity index (χ1v) is 4.31. The van der Waals surface area contributed by atoms with Crippen molar-refractivity contribution in [1.29, 1.82) is 0 Å². The zero-order chi connectivity index (χ0) is 9.59. The van der Waals surface area contributed by atoms with E-state index >= 15 is 0 Å². The third kappa shape index (κ3) is 1.13. The highest BCUT2D eigenvalue weighted by molar-refractivity contribution is 5.84. The van der Waals surface area contributed by atoms with Gasteiger partial charge in [0.2, 0.25) is 0 Å². The van der Waals surface area contributed by atoms with Crippen molar-refractivity contribution in [3.8, 4) is 0 Å². The number of rotatable bonds is 0. The molecular weight excluding hydrogens is 165 g/mol. The topological polar surface area (TPSA) is 4.93 Å². The Kier molecular flexibility index (Phi) is 1.65. The quantitative estimate of drug-likeness (QED) is 0.583. The van der Waals surface area contributed by atoms with Crippen LogP contribution < -0.4 is 0 Å². The summed E-state index contributed by atoms with van der Waals surface area (Å²) in [6, 6.07) is 3.50. The Labute approximate surface area is 76.8 Å². The molecule has 0 amide bonds. The van der Waals surface area contributed by atoms with Gasteiger partial charge in [0.05, 0.1) is 0 Å². The Morgan fingerprint density at radius 1 is 1.15 bits per heavy atom. The van der Waals surface area contributed by atoms with Gasteiger partial charge < -0.3 is 4.57 Å². The molecule has 2 aromatic rings. The van der Waals surface area contributed by atoms with Crippen LogP contribution in [0.2, 0.25) is 0 Å². The second-order valence-corrected chi connectivity index (χ2v) is 3.54. The van der Waals surface area contributed by atoms with Crippen LogP contribution in [0, 0.1) is 19.7 Å². The number of fused-ring (bicyclic) bond motifs is 1. The van der Waals surface area contributed by atoms with Gasteiger partial charge in [-0.3, -0.25) is 0 Å². The molecule has 0 aliphatic heterocycles. The monoisotopic (exact) mass is 177 g/mol. The van der Waals surface area contributed by atoms with Gasteiger partial charge in [-0.25, -0.2) is 4.39 Å². The molecule has 0 saturated carbocycles. The molecule has 1 heterocycles. The Bertz CT molecular complexity index is 426. The normalized spacial score (nSPS) is 11.1. The predicted molar refractivity (Wildman–Crippen MR) is 52.4 cm³/mol. The van der Waals surface area contributed by atoms with E-state index < -0.39 is 0 Å². The summed E-state index contributed by atoms with van der Waals surface area (Å²) < 4.78 is 15.3. The highest BCUT2D eigenvalue weighted by Crippen LogP contribution is 2.22. The fraction of sp³-hybridized carbons (Fsp3) is 0.273. The summed E-state index contributed by atoms with van der Waals surface area (Å²) in [4.78, 5) is 0. The van der Waals surface area contributed by atoms with E-state index in [0.717, 1.165) is 16.5 Å². The number of hydrogen-bond donors (Lipinski definition) is 0. The third-order valence-electron chi connectivity index (χ3n) is 2.47. The third-order valence-corrected chi connectivity index (χ3v) is 2.47. The minimum atomic E-state index is -0.123. The van der Waals surface area contributed by atoms with Crippen LogP contribution in [0.5, 0.6) is 0 Å². The van der Waals surface area contributed by atoms with E-state index in [2.05, 4.69) is 0 Å². The summed E-state index contributed by atoms with van der Waals surface area (Å²) in [6.45, 7) is 3.79. The van der Waals surface area contributed by atoms with Crippen LogP contribution in [0.15, 0.2) is 18.3 Å². The molecule has 0 spiro atoms. The Hall–Kier alpha value is -1.31. The first kappa shape index (κ1) is 8.30. The lowest BCUT2D eigenvalue weighted by atomic mass is 10.1. The number of nitrogens with zero attached hydrogens (tertiary/aromatic N) is 1. The molecule has 1 aromatic carbocycles. The van der Waals surface area contributed by atoms with Crippen LogP contribution in [-0.2, 0) is 7.05 Å². The predicted octanol–water partition coefficient (Wildman–Crippen LogP) is 2.93. The molecule has 1 aromatic heterocycles. The molecule has 0 atom stereocenters. The molecule has 0 saturated heterocycles. The smallest absolute Gasteiger partial charge is 0.126 e. The molecule has 2 heteroatoms. The van der Waals surface area contributed by atoms with Crippen molar-refractivity contribution in [2.24, 2.45) is 7.05 Å². The van der Waals surface area contributed by atoms with E-state index in [1.54, 1.807) is 13.0 Å². The van der Waals surface area contributed by atoms with Crippen LogP contribution >= 0.6 is 0 Å².